The summed E-state index contributed by atoms with van der Waals surface area (Å²) in [4.78, 5) is 14.7. The normalized spacial score (nSPS) is 10.7. The molecule has 1 aromatic rings. The van der Waals surface area contributed by atoms with Gasteiger partial charge in [0.1, 0.15) is 0 Å². The van der Waals surface area contributed by atoms with Gasteiger partial charge in [0.15, 0.2) is 0 Å². The Balaban J connectivity index is 0. The number of carbonyl (C=O) groups is 1. The highest BCUT2D eigenvalue weighted by Crippen LogP contribution is 2.13. The molecule has 2 N–H and O–H groups in total. The third-order valence-electron chi connectivity index (χ3n) is 2.84. The van der Waals surface area contributed by atoms with Gasteiger partial charge in [0.05, 0.1) is 6.33 Å². The second kappa shape index (κ2) is 14.6. The van der Waals surface area contributed by atoms with Gasteiger partial charge in [-0.3, -0.25) is 4.79 Å². The minimum atomic E-state index is -0.125. The van der Waals surface area contributed by atoms with Crippen LogP contribution in [0, 0.1) is 5.92 Å². The van der Waals surface area contributed by atoms with Gasteiger partial charge in [0, 0.05) is 24.9 Å². The highest BCUT2D eigenvalue weighted by atomic mass is 127. The van der Waals surface area contributed by atoms with E-state index in [1.165, 1.54) is 0 Å². The van der Waals surface area contributed by atoms with E-state index in [0.717, 1.165) is 38.6 Å². The lowest BCUT2D eigenvalue weighted by molar-refractivity contribution is -0.122. The van der Waals surface area contributed by atoms with Gasteiger partial charge in [-0.15, -0.1) is 30.6 Å². The number of rotatable bonds is 8. The highest BCUT2D eigenvalue weighted by molar-refractivity contribution is 14.0. The molecule has 4 nitrogen and oxygen atoms in total. The van der Waals surface area contributed by atoms with E-state index >= 15 is 0 Å². The molecule has 0 aliphatic carbocycles. The van der Waals surface area contributed by atoms with Crippen LogP contribution in [0.5, 0.6) is 0 Å². The van der Waals surface area contributed by atoms with Gasteiger partial charge in [-0.2, -0.15) is 0 Å². The van der Waals surface area contributed by atoms with Crippen LogP contribution >= 0.6 is 24.0 Å². The van der Waals surface area contributed by atoms with Crippen LogP contribution in [0.25, 0.3) is 0 Å². The van der Waals surface area contributed by atoms with E-state index in [9.17, 15) is 4.79 Å². The molecule has 0 saturated carbocycles. The third kappa shape index (κ3) is 11.0. The molecule has 0 aliphatic rings. The summed E-state index contributed by atoms with van der Waals surface area (Å²) in [6, 6.07) is 0. The third-order valence-corrected chi connectivity index (χ3v) is 2.84. The summed E-state index contributed by atoms with van der Waals surface area (Å²) >= 11 is 0. The van der Waals surface area contributed by atoms with E-state index in [1.807, 2.05) is 16.8 Å². The van der Waals surface area contributed by atoms with Crippen molar-refractivity contribution >= 4 is 29.9 Å². The largest absolute Gasteiger partial charge is 0.369 e. The number of unbranched alkanes of at least 4 members (excludes halogenated alkanes) is 1. The average Bonchev–Trinajstić information content (AvgIpc) is 2.88. The molecular formula is C15H28IN3O. The Bertz CT molecular complexity index is 339. The van der Waals surface area contributed by atoms with Crippen LogP contribution in [0.1, 0.15) is 46.0 Å². The second-order valence-electron chi connectivity index (χ2n) is 4.58. The van der Waals surface area contributed by atoms with Crippen molar-refractivity contribution in [2.24, 2.45) is 11.7 Å². The Kier molecular flexibility index (Phi) is 15.6. The average molecular weight is 393 g/mol. The summed E-state index contributed by atoms with van der Waals surface area (Å²) in [5, 5.41) is 0. The van der Waals surface area contributed by atoms with Crippen molar-refractivity contribution in [1.82, 2.24) is 9.55 Å². The van der Waals surface area contributed by atoms with E-state index in [-0.39, 0.29) is 35.8 Å². The first-order valence-electron chi connectivity index (χ1n) is 7.01. The quantitative estimate of drug-likeness (QED) is 0.540. The van der Waals surface area contributed by atoms with Crippen molar-refractivity contribution in [3.8, 4) is 0 Å². The number of aromatic nitrogens is 2. The number of imidazole rings is 1. The summed E-state index contributed by atoms with van der Waals surface area (Å²) < 4.78 is 1.95. The zero-order chi connectivity index (χ0) is 14.5. The predicted molar refractivity (Wildman–Crippen MR) is 95.0 cm³/mol. The van der Waals surface area contributed by atoms with Crippen LogP contribution in [0.2, 0.25) is 0 Å². The van der Waals surface area contributed by atoms with Crippen LogP contribution in [0.3, 0.4) is 0 Å². The fourth-order valence-corrected chi connectivity index (χ4v) is 1.77. The molecule has 20 heavy (non-hydrogen) atoms. The molecule has 1 amide bonds. The number of nitrogens with zero attached hydrogens (tertiary/aromatic N) is 2. The smallest absolute Gasteiger partial charge is 0.220 e. The van der Waals surface area contributed by atoms with Crippen LogP contribution < -0.4 is 5.73 Å². The number of primary amides is 1. The molecule has 0 radical (unpaired) electrons. The molecule has 0 fully saturated rings. The zero-order valence-corrected chi connectivity index (χ0v) is 15.0. The Labute approximate surface area is 139 Å². The fraction of sp³-hybridized carbons (Fsp3) is 0.600. The Morgan fingerprint density at radius 3 is 2.50 bits per heavy atom. The van der Waals surface area contributed by atoms with Crippen molar-refractivity contribution in [1.29, 1.82) is 0 Å². The first-order valence-corrected chi connectivity index (χ1v) is 7.01. The lowest BCUT2D eigenvalue weighted by Crippen LogP contribution is -2.22. The standard InChI is InChI=1S/C9H19NO.C6H8N2.HI/c1-3-5-7-8(6-4-2)9(10)11;1-2-4-8-5-3-7-6-8;/h8H,3-7H2,1-2H3,(H2,10,11);2-3,5-6H,1,4H2;1H. The maximum absolute atomic E-state index is 10.8. The fourth-order valence-electron chi connectivity index (χ4n) is 1.77. The van der Waals surface area contributed by atoms with Crippen molar-refractivity contribution in [3.63, 3.8) is 0 Å². The molecule has 0 bridgehead atoms. The van der Waals surface area contributed by atoms with Gasteiger partial charge in [-0.25, -0.2) is 4.98 Å². The van der Waals surface area contributed by atoms with Crippen LogP contribution in [-0.4, -0.2) is 15.5 Å². The van der Waals surface area contributed by atoms with E-state index < -0.39 is 0 Å². The summed E-state index contributed by atoms with van der Waals surface area (Å²) in [6.45, 7) is 8.65. The number of halogens is 1. The van der Waals surface area contributed by atoms with E-state index in [2.05, 4.69) is 25.4 Å². The highest BCUT2D eigenvalue weighted by Gasteiger charge is 2.12. The molecule has 0 aromatic carbocycles. The number of carbonyl (C=O) groups excluding carboxylic acids is 1. The topological polar surface area (TPSA) is 60.9 Å². The molecule has 1 rings (SSSR count). The molecule has 1 aromatic heterocycles. The number of hydrogen-bond acceptors (Lipinski definition) is 2. The summed E-state index contributed by atoms with van der Waals surface area (Å²) in [6.07, 6.45) is 12.5. The summed E-state index contributed by atoms with van der Waals surface area (Å²) in [5.41, 5.74) is 5.22. The lowest BCUT2D eigenvalue weighted by Gasteiger charge is -2.10. The Hall–Kier alpha value is -0.850. The number of nitrogens with two attached hydrogens (primary N) is 1. The van der Waals surface area contributed by atoms with Crippen LogP contribution in [0.4, 0.5) is 0 Å². The lowest BCUT2D eigenvalue weighted by atomic mass is 9.97. The van der Waals surface area contributed by atoms with E-state index in [4.69, 9.17) is 5.73 Å². The van der Waals surface area contributed by atoms with Crippen LogP contribution in [-0.2, 0) is 11.3 Å². The van der Waals surface area contributed by atoms with Crippen molar-refractivity contribution < 1.29 is 4.79 Å². The molecule has 1 unspecified atom stereocenters. The number of amides is 1. The molecule has 116 valence electrons. The molecule has 1 atom stereocenters. The molecule has 0 spiro atoms. The predicted octanol–water partition coefficient (Wildman–Crippen LogP) is 3.77. The SMILES string of the molecule is C=CCn1ccnc1.CCCCC(CCC)C(N)=O.I. The number of hydrogen-bond donors (Lipinski definition) is 1. The molecule has 0 aliphatic heterocycles. The Morgan fingerprint density at radius 1 is 1.40 bits per heavy atom. The monoisotopic (exact) mass is 393 g/mol. The first-order chi connectivity index (χ1) is 9.15. The maximum atomic E-state index is 10.8. The number of allylic oxidation sites excluding steroid dienone is 1. The van der Waals surface area contributed by atoms with Crippen LogP contribution in [0.15, 0.2) is 31.4 Å². The van der Waals surface area contributed by atoms with Crippen molar-refractivity contribution in [3.05, 3.63) is 31.4 Å². The summed E-state index contributed by atoms with van der Waals surface area (Å²) in [7, 11) is 0. The van der Waals surface area contributed by atoms with Gasteiger partial charge in [0.2, 0.25) is 5.91 Å². The zero-order valence-electron chi connectivity index (χ0n) is 12.6. The first kappa shape index (κ1) is 21.4. The van der Waals surface area contributed by atoms with Gasteiger partial charge in [-0.05, 0) is 12.8 Å². The van der Waals surface area contributed by atoms with E-state index in [1.54, 1.807) is 12.5 Å². The second-order valence-corrected chi connectivity index (χ2v) is 4.58. The van der Waals surface area contributed by atoms with Gasteiger partial charge in [0.25, 0.3) is 0 Å². The molecule has 5 heteroatoms. The summed E-state index contributed by atoms with van der Waals surface area (Å²) in [5.74, 6) is 0.000231. The van der Waals surface area contributed by atoms with Gasteiger partial charge in [-0.1, -0.05) is 39.2 Å². The van der Waals surface area contributed by atoms with Crippen molar-refractivity contribution in [2.45, 2.75) is 52.5 Å². The maximum Gasteiger partial charge on any atom is 0.220 e. The van der Waals surface area contributed by atoms with Gasteiger partial charge >= 0.3 is 0 Å². The van der Waals surface area contributed by atoms with E-state index in [0.29, 0.717) is 0 Å². The van der Waals surface area contributed by atoms with Gasteiger partial charge < -0.3 is 10.3 Å². The minimum Gasteiger partial charge on any atom is -0.369 e. The molecule has 0 saturated heterocycles. The Morgan fingerprint density at radius 2 is 2.10 bits per heavy atom. The minimum absolute atomic E-state index is 0. The molecular weight excluding hydrogens is 365 g/mol. The molecule has 1 heterocycles. The van der Waals surface area contributed by atoms with Crippen molar-refractivity contribution in [2.75, 3.05) is 0 Å².